The van der Waals surface area contributed by atoms with Crippen LogP contribution in [0.2, 0.25) is 0 Å². The second-order valence-electron chi connectivity index (χ2n) is 8.71. The predicted octanol–water partition coefficient (Wildman–Crippen LogP) is 5.50. The molecule has 10 heteroatoms. The van der Waals surface area contributed by atoms with E-state index in [9.17, 15) is 30.8 Å². The highest BCUT2D eigenvalue weighted by Gasteiger charge is 2.36. The summed E-state index contributed by atoms with van der Waals surface area (Å²) in [5, 5.41) is 2.41. The van der Waals surface area contributed by atoms with E-state index in [1.165, 1.54) is 0 Å². The maximum Gasteiger partial charge on any atom is 0.417 e. The van der Waals surface area contributed by atoms with Gasteiger partial charge in [-0.3, -0.25) is 4.79 Å². The molecule has 0 saturated carbocycles. The molecule has 0 atom stereocenters. The summed E-state index contributed by atoms with van der Waals surface area (Å²) in [5.74, 6) is -2.42. The molecule has 190 valence electrons. The van der Waals surface area contributed by atoms with Crippen LogP contribution in [0.15, 0.2) is 65.6 Å². The van der Waals surface area contributed by atoms with Crippen LogP contribution in [-0.4, -0.2) is 33.7 Å². The van der Waals surface area contributed by atoms with E-state index in [2.05, 4.69) is 10.2 Å². The number of anilines is 2. The quantitative estimate of drug-likeness (QED) is 0.436. The number of sulfone groups is 1. The number of benzene rings is 3. The fourth-order valence-corrected chi connectivity index (χ4v) is 4.94. The lowest BCUT2D eigenvalue weighted by Crippen LogP contribution is -2.31. The van der Waals surface area contributed by atoms with Crippen LogP contribution in [0.4, 0.5) is 28.9 Å². The molecule has 1 aliphatic heterocycles. The molecule has 0 bridgehead atoms. The molecule has 1 amide bonds. The van der Waals surface area contributed by atoms with E-state index in [-0.39, 0.29) is 10.6 Å². The Morgan fingerprint density at radius 1 is 1.06 bits per heavy atom. The Bertz CT molecular complexity index is 1390. The van der Waals surface area contributed by atoms with Crippen LogP contribution in [0.25, 0.3) is 0 Å². The topological polar surface area (TPSA) is 66.5 Å². The van der Waals surface area contributed by atoms with E-state index in [0.29, 0.717) is 19.0 Å². The minimum Gasteiger partial charge on any atom is -0.371 e. The Balaban J connectivity index is 1.52. The summed E-state index contributed by atoms with van der Waals surface area (Å²) in [6, 6.07) is 14.2. The lowest BCUT2D eigenvalue weighted by atomic mass is 10.00. The van der Waals surface area contributed by atoms with E-state index in [4.69, 9.17) is 0 Å². The molecule has 4 rings (SSSR count). The van der Waals surface area contributed by atoms with Gasteiger partial charge >= 0.3 is 6.18 Å². The van der Waals surface area contributed by atoms with Gasteiger partial charge in [-0.15, -0.1) is 0 Å². The first-order valence-electron chi connectivity index (χ1n) is 11.3. The van der Waals surface area contributed by atoms with Gasteiger partial charge in [0.05, 0.1) is 16.0 Å². The molecular formula is C26H24F4N2O3S. The zero-order chi connectivity index (χ0) is 26.1. The van der Waals surface area contributed by atoms with Crippen LogP contribution in [0.1, 0.15) is 33.5 Å². The highest BCUT2D eigenvalue weighted by atomic mass is 32.2. The second kappa shape index (κ2) is 9.93. The number of fused-ring (bicyclic) bond motifs is 1. The van der Waals surface area contributed by atoms with E-state index < -0.39 is 38.9 Å². The number of aryl methyl sites for hydroxylation is 1. The van der Waals surface area contributed by atoms with Crippen molar-refractivity contribution < 1.29 is 30.8 Å². The van der Waals surface area contributed by atoms with Gasteiger partial charge in [0.15, 0.2) is 9.84 Å². The summed E-state index contributed by atoms with van der Waals surface area (Å²) in [5.41, 5.74) is 0.723. The smallest absolute Gasteiger partial charge is 0.371 e. The predicted molar refractivity (Wildman–Crippen MR) is 130 cm³/mol. The molecular weight excluding hydrogens is 496 g/mol. The van der Waals surface area contributed by atoms with E-state index in [1.54, 1.807) is 36.4 Å². The summed E-state index contributed by atoms with van der Waals surface area (Å²) >= 11 is 0. The molecule has 36 heavy (non-hydrogen) atoms. The summed E-state index contributed by atoms with van der Waals surface area (Å²) in [6.07, 6.45) is -1.35. The number of nitrogens with one attached hydrogen (secondary N) is 1. The van der Waals surface area contributed by atoms with Crippen molar-refractivity contribution in [3.8, 4) is 0 Å². The number of carbonyl (C=O) groups is 1. The lowest BCUT2D eigenvalue weighted by molar-refractivity contribution is -0.138. The molecule has 3 aromatic carbocycles. The largest absolute Gasteiger partial charge is 0.417 e. The Hall–Kier alpha value is -3.40. The Kier molecular flexibility index (Phi) is 7.08. The van der Waals surface area contributed by atoms with Crippen molar-refractivity contribution in [3.05, 3.63) is 88.7 Å². The van der Waals surface area contributed by atoms with Crippen molar-refractivity contribution in [1.82, 2.24) is 0 Å². The maximum atomic E-state index is 14.2. The molecule has 1 N–H and O–H groups in total. The van der Waals surface area contributed by atoms with Gasteiger partial charge in [0.2, 0.25) is 0 Å². The average Bonchev–Trinajstić information content (AvgIpc) is 2.81. The molecule has 0 radical (unpaired) electrons. The first kappa shape index (κ1) is 25.7. The standard InChI is InChI=1S/C26H24F4N2O3S/c1-36(34,35)20-11-7-17(8-12-20)13-15-32-14-3-4-18-9-10-19(16-23(18)32)31-25(33)24-21(26(28,29)30)5-2-6-22(24)27/h2,5-12,16H,3-4,13-15H2,1H3,(H,31,33). The molecule has 5 nitrogen and oxygen atoms in total. The van der Waals surface area contributed by atoms with Gasteiger partial charge in [-0.05, 0) is 66.8 Å². The fourth-order valence-electron chi connectivity index (χ4n) is 4.31. The van der Waals surface area contributed by atoms with Gasteiger partial charge in [0.1, 0.15) is 5.82 Å². The first-order valence-corrected chi connectivity index (χ1v) is 13.2. The van der Waals surface area contributed by atoms with E-state index in [0.717, 1.165) is 54.6 Å². The van der Waals surface area contributed by atoms with Crippen LogP contribution >= 0.6 is 0 Å². The molecule has 0 saturated heterocycles. The zero-order valence-corrected chi connectivity index (χ0v) is 20.2. The normalized spacial score (nSPS) is 13.9. The number of hydrogen-bond donors (Lipinski definition) is 1. The van der Waals surface area contributed by atoms with Crippen molar-refractivity contribution in [2.45, 2.75) is 30.3 Å². The molecule has 3 aromatic rings. The minimum absolute atomic E-state index is 0.249. The van der Waals surface area contributed by atoms with Gasteiger partial charge in [-0.25, -0.2) is 12.8 Å². The summed E-state index contributed by atoms with van der Waals surface area (Å²) < 4.78 is 77.5. The number of nitrogens with zero attached hydrogens (tertiary/aromatic N) is 1. The van der Waals surface area contributed by atoms with Gasteiger partial charge < -0.3 is 10.2 Å². The van der Waals surface area contributed by atoms with Crippen molar-refractivity contribution >= 4 is 27.1 Å². The van der Waals surface area contributed by atoms with Gasteiger partial charge in [-0.2, -0.15) is 13.2 Å². The molecule has 0 aliphatic carbocycles. The third-order valence-electron chi connectivity index (χ3n) is 6.13. The van der Waals surface area contributed by atoms with Crippen LogP contribution < -0.4 is 10.2 Å². The maximum absolute atomic E-state index is 14.2. The van der Waals surface area contributed by atoms with Gasteiger partial charge in [0, 0.05) is 30.7 Å². The lowest BCUT2D eigenvalue weighted by Gasteiger charge is -2.32. The highest BCUT2D eigenvalue weighted by molar-refractivity contribution is 7.90. The monoisotopic (exact) mass is 520 g/mol. The summed E-state index contributed by atoms with van der Waals surface area (Å²) in [6.45, 7) is 1.37. The van der Waals surface area contributed by atoms with Crippen molar-refractivity contribution in [2.24, 2.45) is 0 Å². The van der Waals surface area contributed by atoms with E-state index in [1.807, 2.05) is 6.07 Å². The number of rotatable bonds is 6. The van der Waals surface area contributed by atoms with Crippen molar-refractivity contribution in [1.29, 1.82) is 0 Å². The fraction of sp³-hybridized carbons (Fsp3) is 0.269. The molecule has 0 unspecified atom stereocenters. The molecule has 0 aromatic heterocycles. The van der Waals surface area contributed by atoms with Crippen LogP contribution in [0.3, 0.4) is 0 Å². The highest BCUT2D eigenvalue weighted by Crippen LogP contribution is 2.34. The Labute approximate surface area is 206 Å². The summed E-state index contributed by atoms with van der Waals surface area (Å²) in [4.78, 5) is 15.0. The SMILES string of the molecule is CS(=O)(=O)c1ccc(CCN2CCCc3ccc(NC(=O)c4c(F)cccc4C(F)(F)F)cc32)cc1. The zero-order valence-electron chi connectivity index (χ0n) is 19.4. The number of hydrogen-bond acceptors (Lipinski definition) is 4. The van der Waals surface area contributed by atoms with Gasteiger partial charge in [0.25, 0.3) is 5.91 Å². The Morgan fingerprint density at radius 2 is 1.78 bits per heavy atom. The number of carbonyl (C=O) groups excluding carboxylic acids is 1. The number of alkyl halides is 3. The molecule has 0 spiro atoms. The van der Waals surface area contributed by atoms with E-state index >= 15 is 0 Å². The third kappa shape index (κ3) is 5.70. The van der Waals surface area contributed by atoms with Crippen molar-refractivity contribution in [2.75, 3.05) is 29.6 Å². The third-order valence-corrected chi connectivity index (χ3v) is 7.25. The minimum atomic E-state index is -4.87. The number of amides is 1. The van der Waals surface area contributed by atoms with Crippen LogP contribution in [0, 0.1) is 5.82 Å². The second-order valence-corrected chi connectivity index (χ2v) is 10.7. The molecule has 1 aliphatic rings. The first-order chi connectivity index (χ1) is 16.9. The van der Waals surface area contributed by atoms with Crippen molar-refractivity contribution in [3.63, 3.8) is 0 Å². The number of halogens is 4. The molecule has 1 heterocycles. The summed E-state index contributed by atoms with van der Waals surface area (Å²) in [7, 11) is -3.27. The van der Waals surface area contributed by atoms with Crippen LogP contribution in [-0.2, 0) is 28.9 Å². The van der Waals surface area contributed by atoms with Gasteiger partial charge in [-0.1, -0.05) is 24.3 Å². The molecule has 0 fully saturated rings. The Morgan fingerprint density at radius 3 is 2.44 bits per heavy atom. The van der Waals surface area contributed by atoms with Crippen LogP contribution in [0.5, 0.6) is 0 Å². The average molecular weight is 521 g/mol.